The summed E-state index contributed by atoms with van der Waals surface area (Å²) in [5, 5.41) is 4.01. The lowest BCUT2D eigenvalue weighted by Gasteiger charge is -2.24. The maximum Gasteiger partial charge on any atom is 0.213 e. The molecule has 0 aliphatic heterocycles. The molecule has 1 atom stereocenters. The van der Waals surface area contributed by atoms with Crippen molar-refractivity contribution in [3.05, 3.63) is 16.4 Å². The molecule has 0 spiro atoms. The van der Waals surface area contributed by atoms with Gasteiger partial charge in [-0.3, -0.25) is 9.48 Å². The monoisotopic (exact) mass is 274 g/mol. The highest BCUT2D eigenvalue weighted by Gasteiger charge is 2.34. The Balaban J connectivity index is 3.14. The van der Waals surface area contributed by atoms with E-state index in [1.807, 2.05) is 6.92 Å². The number of nitrogens with zero attached hydrogens (tertiary/aromatic N) is 2. The molecule has 5 heteroatoms. The standard InChI is InChI=1S/C10H15BrN2O2/c1-5-10(2,15-4)9(14)8-7(11)6-12-13(8)3/h6H,5H2,1-4H3. The van der Waals surface area contributed by atoms with Crippen molar-refractivity contribution in [2.75, 3.05) is 7.11 Å². The van der Waals surface area contributed by atoms with Crippen LogP contribution in [0.1, 0.15) is 30.8 Å². The van der Waals surface area contributed by atoms with Crippen molar-refractivity contribution in [2.45, 2.75) is 25.9 Å². The van der Waals surface area contributed by atoms with E-state index in [-0.39, 0.29) is 5.78 Å². The zero-order chi connectivity index (χ0) is 11.6. The van der Waals surface area contributed by atoms with Crippen LogP contribution in [-0.2, 0) is 11.8 Å². The maximum atomic E-state index is 12.2. The molecule has 0 radical (unpaired) electrons. The van der Waals surface area contributed by atoms with E-state index < -0.39 is 5.60 Å². The molecule has 15 heavy (non-hydrogen) atoms. The zero-order valence-corrected chi connectivity index (χ0v) is 11.0. The van der Waals surface area contributed by atoms with Gasteiger partial charge in [0.25, 0.3) is 0 Å². The molecule has 0 N–H and O–H groups in total. The second-order valence-corrected chi connectivity index (χ2v) is 4.44. The topological polar surface area (TPSA) is 44.1 Å². The molecular formula is C10H15BrN2O2. The van der Waals surface area contributed by atoms with E-state index >= 15 is 0 Å². The molecule has 84 valence electrons. The van der Waals surface area contributed by atoms with Crippen molar-refractivity contribution in [1.29, 1.82) is 0 Å². The Kier molecular flexibility index (Phi) is 3.67. The molecule has 1 heterocycles. The van der Waals surface area contributed by atoms with Crippen LogP contribution in [0.25, 0.3) is 0 Å². The number of ketones is 1. The number of aryl methyl sites for hydroxylation is 1. The van der Waals surface area contributed by atoms with Crippen LogP contribution in [0.2, 0.25) is 0 Å². The molecule has 0 amide bonds. The number of aromatic nitrogens is 2. The third kappa shape index (κ3) is 2.13. The number of hydrogen-bond donors (Lipinski definition) is 0. The first-order valence-corrected chi connectivity index (χ1v) is 5.53. The number of carbonyl (C=O) groups excluding carboxylic acids is 1. The smallest absolute Gasteiger partial charge is 0.213 e. The van der Waals surface area contributed by atoms with E-state index in [1.165, 1.54) is 0 Å². The first-order chi connectivity index (χ1) is 6.96. The van der Waals surface area contributed by atoms with Gasteiger partial charge in [-0.2, -0.15) is 5.10 Å². The van der Waals surface area contributed by atoms with Crippen LogP contribution in [0.4, 0.5) is 0 Å². The van der Waals surface area contributed by atoms with Crippen molar-refractivity contribution >= 4 is 21.7 Å². The molecule has 4 nitrogen and oxygen atoms in total. The van der Waals surface area contributed by atoms with E-state index in [2.05, 4.69) is 21.0 Å². The molecule has 1 aromatic heterocycles. The van der Waals surface area contributed by atoms with Gasteiger partial charge in [0, 0.05) is 14.2 Å². The summed E-state index contributed by atoms with van der Waals surface area (Å²) in [5.41, 5.74) is -0.239. The number of methoxy groups -OCH3 is 1. The molecule has 0 saturated heterocycles. The Hall–Kier alpha value is -0.680. The number of carbonyl (C=O) groups is 1. The lowest BCUT2D eigenvalue weighted by molar-refractivity contribution is 0.00972. The fourth-order valence-electron chi connectivity index (χ4n) is 1.31. The van der Waals surface area contributed by atoms with Gasteiger partial charge in [0.15, 0.2) is 0 Å². The average molecular weight is 275 g/mol. The largest absolute Gasteiger partial charge is 0.370 e. The minimum absolute atomic E-state index is 0.0561. The van der Waals surface area contributed by atoms with Crippen LogP contribution >= 0.6 is 15.9 Å². The molecule has 1 unspecified atom stereocenters. The number of rotatable bonds is 4. The third-order valence-electron chi connectivity index (χ3n) is 2.71. The minimum atomic E-state index is -0.781. The summed E-state index contributed by atoms with van der Waals surface area (Å²) in [6.07, 6.45) is 2.24. The summed E-state index contributed by atoms with van der Waals surface area (Å²) in [4.78, 5) is 12.2. The van der Waals surface area contributed by atoms with E-state index in [4.69, 9.17) is 4.74 Å². The highest BCUT2D eigenvalue weighted by atomic mass is 79.9. The van der Waals surface area contributed by atoms with Crippen LogP contribution in [0, 0.1) is 0 Å². The molecule has 1 rings (SSSR count). The quantitative estimate of drug-likeness (QED) is 0.791. The molecule has 1 aromatic rings. The first-order valence-electron chi connectivity index (χ1n) is 4.73. The van der Waals surface area contributed by atoms with Crippen LogP contribution in [0.5, 0.6) is 0 Å². The molecule has 0 aromatic carbocycles. The maximum absolute atomic E-state index is 12.2. The Bertz CT molecular complexity index is 350. The molecule has 0 saturated carbocycles. The van der Waals surface area contributed by atoms with E-state index in [9.17, 15) is 4.79 Å². The van der Waals surface area contributed by atoms with Gasteiger partial charge in [0.1, 0.15) is 11.3 Å². The van der Waals surface area contributed by atoms with Gasteiger partial charge in [-0.1, -0.05) is 6.92 Å². The van der Waals surface area contributed by atoms with Crippen LogP contribution in [0.15, 0.2) is 10.7 Å². The summed E-state index contributed by atoms with van der Waals surface area (Å²) in [6, 6.07) is 0. The lowest BCUT2D eigenvalue weighted by atomic mass is 9.95. The summed E-state index contributed by atoms with van der Waals surface area (Å²) in [5.74, 6) is -0.0561. The van der Waals surface area contributed by atoms with Gasteiger partial charge in [-0.15, -0.1) is 0 Å². The van der Waals surface area contributed by atoms with E-state index in [0.717, 1.165) is 0 Å². The van der Waals surface area contributed by atoms with Gasteiger partial charge in [0.2, 0.25) is 5.78 Å². The van der Waals surface area contributed by atoms with Gasteiger partial charge >= 0.3 is 0 Å². The number of Topliss-reactive ketones (excluding diaryl/α,β-unsaturated/α-hetero) is 1. The second-order valence-electron chi connectivity index (χ2n) is 3.58. The van der Waals surface area contributed by atoms with Gasteiger partial charge < -0.3 is 4.74 Å². The Morgan fingerprint density at radius 2 is 2.33 bits per heavy atom. The van der Waals surface area contributed by atoms with Crippen molar-refractivity contribution < 1.29 is 9.53 Å². The Labute approximate surface area is 97.7 Å². The van der Waals surface area contributed by atoms with Crippen LogP contribution in [-0.4, -0.2) is 28.3 Å². The van der Waals surface area contributed by atoms with Crippen molar-refractivity contribution in [3.63, 3.8) is 0 Å². The second kappa shape index (κ2) is 4.45. The summed E-state index contributed by atoms with van der Waals surface area (Å²) in [7, 11) is 3.29. The molecule has 0 aliphatic rings. The SMILES string of the molecule is CCC(C)(OC)C(=O)c1c(Br)cnn1C. The van der Waals surface area contributed by atoms with E-state index in [1.54, 1.807) is 32.0 Å². The lowest BCUT2D eigenvalue weighted by Crippen LogP contribution is -2.38. The molecule has 0 bridgehead atoms. The predicted molar refractivity (Wildman–Crippen MR) is 60.9 cm³/mol. The summed E-state index contributed by atoms with van der Waals surface area (Å²) in [6.45, 7) is 3.71. The van der Waals surface area contributed by atoms with Crippen molar-refractivity contribution in [2.24, 2.45) is 7.05 Å². The Morgan fingerprint density at radius 1 is 1.73 bits per heavy atom. The van der Waals surface area contributed by atoms with Gasteiger partial charge in [-0.05, 0) is 29.3 Å². The highest BCUT2D eigenvalue weighted by Crippen LogP contribution is 2.25. The number of ether oxygens (including phenoxy) is 1. The normalized spacial score (nSPS) is 15.0. The zero-order valence-electron chi connectivity index (χ0n) is 9.37. The van der Waals surface area contributed by atoms with Gasteiger partial charge in [-0.25, -0.2) is 0 Å². The van der Waals surface area contributed by atoms with Crippen molar-refractivity contribution in [3.8, 4) is 0 Å². The first kappa shape index (κ1) is 12.4. The predicted octanol–water partition coefficient (Wildman–Crippen LogP) is 2.18. The fraction of sp³-hybridized carbons (Fsp3) is 0.600. The minimum Gasteiger partial charge on any atom is -0.370 e. The number of hydrogen-bond acceptors (Lipinski definition) is 3. The average Bonchev–Trinajstić information content (AvgIpc) is 2.56. The fourth-order valence-corrected chi connectivity index (χ4v) is 1.84. The number of halogens is 1. The molecular weight excluding hydrogens is 260 g/mol. The molecule has 0 fully saturated rings. The highest BCUT2D eigenvalue weighted by molar-refractivity contribution is 9.10. The summed E-state index contributed by atoms with van der Waals surface area (Å²) < 4.78 is 7.53. The Morgan fingerprint density at radius 3 is 2.67 bits per heavy atom. The third-order valence-corrected chi connectivity index (χ3v) is 3.30. The summed E-state index contributed by atoms with van der Waals surface area (Å²) >= 11 is 3.31. The van der Waals surface area contributed by atoms with Gasteiger partial charge in [0.05, 0.1) is 10.7 Å². The van der Waals surface area contributed by atoms with Crippen molar-refractivity contribution in [1.82, 2.24) is 9.78 Å². The van der Waals surface area contributed by atoms with E-state index in [0.29, 0.717) is 16.6 Å². The van der Waals surface area contributed by atoms with Crippen LogP contribution < -0.4 is 0 Å². The van der Waals surface area contributed by atoms with Crippen LogP contribution in [0.3, 0.4) is 0 Å². The molecule has 0 aliphatic carbocycles.